The van der Waals surface area contributed by atoms with Crippen molar-refractivity contribution in [2.45, 2.75) is 6.92 Å². The largest absolute Gasteiger partial charge is 0.397 e. The predicted octanol–water partition coefficient (Wildman–Crippen LogP) is 2.93. The molecule has 0 saturated carbocycles. The summed E-state index contributed by atoms with van der Waals surface area (Å²) >= 11 is 0. The Labute approximate surface area is 102 Å². The fraction of sp³-hybridized carbons (Fsp3) is 0.143. The van der Waals surface area contributed by atoms with Gasteiger partial charge in [0, 0.05) is 18.4 Å². The Morgan fingerprint density at radius 1 is 0.824 bits per heavy atom. The first kappa shape index (κ1) is 11.3. The summed E-state index contributed by atoms with van der Waals surface area (Å²) in [7, 11) is 2.01. The molecule has 0 heterocycles. The number of anilines is 4. The first-order valence-corrected chi connectivity index (χ1v) is 5.53. The molecule has 4 N–H and O–H groups in total. The lowest BCUT2D eigenvalue weighted by molar-refractivity contribution is 1.21. The Bertz CT molecular complexity index is 517. The van der Waals surface area contributed by atoms with Gasteiger partial charge in [0.05, 0.1) is 11.4 Å². The topological polar surface area (TPSA) is 55.3 Å². The number of benzene rings is 2. The van der Waals surface area contributed by atoms with Crippen LogP contribution < -0.4 is 16.4 Å². The van der Waals surface area contributed by atoms with Crippen LogP contribution in [0.1, 0.15) is 5.56 Å². The van der Waals surface area contributed by atoms with Crippen LogP contribution in [0.3, 0.4) is 0 Å². The van der Waals surface area contributed by atoms with Gasteiger partial charge in [0.1, 0.15) is 0 Å². The van der Waals surface area contributed by atoms with Crippen molar-refractivity contribution < 1.29 is 0 Å². The third-order valence-electron chi connectivity index (χ3n) is 2.88. The molecule has 88 valence electrons. The molecule has 0 radical (unpaired) electrons. The van der Waals surface area contributed by atoms with Crippen molar-refractivity contribution in [3.8, 4) is 0 Å². The Balaban J connectivity index is 2.33. The van der Waals surface area contributed by atoms with E-state index in [4.69, 9.17) is 11.5 Å². The van der Waals surface area contributed by atoms with Crippen molar-refractivity contribution in [1.29, 1.82) is 0 Å². The molecule has 0 bridgehead atoms. The molecule has 0 fully saturated rings. The summed E-state index contributed by atoms with van der Waals surface area (Å²) in [4.78, 5) is 2.08. The van der Waals surface area contributed by atoms with Crippen LogP contribution in [0.2, 0.25) is 0 Å². The fourth-order valence-electron chi connectivity index (χ4n) is 1.69. The van der Waals surface area contributed by atoms with Gasteiger partial charge in [-0.3, -0.25) is 0 Å². The molecular weight excluding hydrogens is 210 g/mol. The first-order valence-electron chi connectivity index (χ1n) is 5.53. The number of hydrogen-bond acceptors (Lipinski definition) is 3. The van der Waals surface area contributed by atoms with Crippen molar-refractivity contribution in [1.82, 2.24) is 0 Å². The van der Waals surface area contributed by atoms with Gasteiger partial charge in [0.25, 0.3) is 0 Å². The fourth-order valence-corrected chi connectivity index (χ4v) is 1.69. The number of nitrogen functional groups attached to an aromatic ring is 2. The Morgan fingerprint density at radius 3 is 2.00 bits per heavy atom. The first-order chi connectivity index (χ1) is 8.08. The van der Waals surface area contributed by atoms with Gasteiger partial charge in [-0.15, -0.1) is 0 Å². The van der Waals surface area contributed by atoms with Crippen LogP contribution in [0.5, 0.6) is 0 Å². The van der Waals surface area contributed by atoms with Crippen LogP contribution in [-0.4, -0.2) is 7.05 Å². The summed E-state index contributed by atoms with van der Waals surface area (Å²) < 4.78 is 0. The highest BCUT2D eigenvalue weighted by Crippen LogP contribution is 2.27. The van der Waals surface area contributed by atoms with Gasteiger partial charge in [0.2, 0.25) is 0 Å². The van der Waals surface area contributed by atoms with E-state index in [0.717, 1.165) is 11.4 Å². The van der Waals surface area contributed by atoms with Gasteiger partial charge in [-0.2, -0.15) is 0 Å². The normalized spacial score (nSPS) is 10.2. The molecule has 0 amide bonds. The lowest BCUT2D eigenvalue weighted by Crippen LogP contribution is -2.10. The number of nitrogens with two attached hydrogens (primary N) is 2. The van der Waals surface area contributed by atoms with E-state index in [1.165, 1.54) is 5.56 Å². The second-order valence-electron chi connectivity index (χ2n) is 4.21. The smallest absolute Gasteiger partial charge is 0.0568 e. The SMILES string of the molecule is Cc1ccc(N(C)c2ccc(N)c(N)c2)cc1. The molecule has 0 spiro atoms. The Hall–Kier alpha value is -2.16. The molecule has 0 aliphatic heterocycles. The number of hydrogen-bond donors (Lipinski definition) is 2. The zero-order valence-corrected chi connectivity index (χ0v) is 10.1. The Morgan fingerprint density at radius 2 is 1.41 bits per heavy atom. The number of rotatable bonds is 2. The standard InChI is InChI=1S/C14H17N3/c1-10-3-5-11(6-4-10)17(2)12-7-8-13(15)14(16)9-12/h3-9H,15-16H2,1-2H3. The molecule has 3 heteroatoms. The number of nitrogens with zero attached hydrogens (tertiary/aromatic N) is 1. The van der Waals surface area contributed by atoms with Crippen molar-refractivity contribution in [3.05, 3.63) is 48.0 Å². The molecule has 0 saturated heterocycles. The van der Waals surface area contributed by atoms with E-state index in [1.807, 2.05) is 25.2 Å². The van der Waals surface area contributed by atoms with Gasteiger partial charge >= 0.3 is 0 Å². The molecule has 2 rings (SSSR count). The van der Waals surface area contributed by atoms with Crippen LogP contribution >= 0.6 is 0 Å². The molecule has 0 unspecified atom stereocenters. The van der Waals surface area contributed by atoms with Crippen LogP contribution in [0, 0.1) is 6.92 Å². The summed E-state index contributed by atoms with van der Waals surface area (Å²) in [5.74, 6) is 0. The monoisotopic (exact) mass is 227 g/mol. The molecule has 0 aromatic heterocycles. The maximum Gasteiger partial charge on any atom is 0.0568 e. The second-order valence-corrected chi connectivity index (χ2v) is 4.21. The Kier molecular flexibility index (Phi) is 2.91. The zero-order chi connectivity index (χ0) is 12.4. The van der Waals surface area contributed by atoms with Crippen LogP contribution in [0.15, 0.2) is 42.5 Å². The summed E-state index contributed by atoms with van der Waals surface area (Å²) in [6.07, 6.45) is 0. The van der Waals surface area contributed by atoms with E-state index in [0.29, 0.717) is 11.4 Å². The summed E-state index contributed by atoms with van der Waals surface area (Å²) in [5.41, 5.74) is 16.1. The molecule has 0 atom stereocenters. The minimum atomic E-state index is 0.612. The zero-order valence-electron chi connectivity index (χ0n) is 10.1. The highest BCUT2D eigenvalue weighted by atomic mass is 15.1. The molecule has 3 nitrogen and oxygen atoms in total. The number of aryl methyl sites for hydroxylation is 1. The van der Waals surface area contributed by atoms with Crippen molar-refractivity contribution >= 4 is 22.7 Å². The van der Waals surface area contributed by atoms with Gasteiger partial charge in [-0.25, -0.2) is 0 Å². The summed E-state index contributed by atoms with van der Waals surface area (Å²) in [6, 6.07) is 14.0. The van der Waals surface area contributed by atoms with E-state index < -0.39 is 0 Å². The van der Waals surface area contributed by atoms with Crippen LogP contribution in [0.4, 0.5) is 22.7 Å². The molecule has 2 aromatic carbocycles. The third-order valence-corrected chi connectivity index (χ3v) is 2.88. The van der Waals surface area contributed by atoms with Gasteiger partial charge in [0.15, 0.2) is 0 Å². The van der Waals surface area contributed by atoms with Crippen molar-refractivity contribution in [2.75, 3.05) is 23.4 Å². The quantitative estimate of drug-likeness (QED) is 0.775. The predicted molar refractivity (Wildman–Crippen MR) is 74.5 cm³/mol. The molecule has 0 aliphatic carbocycles. The molecule has 17 heavy (non-hydrogen) atoms. The maximum atomic E-state index is 5.81. The van der Waals surface area contributed by atoms with Gasteiger partial charge in [-0.1, -0.05) is 17.7 Å². The van der Waals surface area contributed by atoms with Crippen LogP contribution in [-0.2, 0) is 0 Å². The van der Waals surface area contributed by atoms with Gasteiger partial charge < -0.3 is 16.4 Å². The van der Waals surface area contributed by atoms with Gasteiger partial charge in [-0.05, 0) is 37.3 Å². The summed E-state index contributed by atoms with van der Waals surface area (Å²) in [5, 5.41) is 0. The molecule has 2 aromatic rings. The lowest BCUT2D eigenvalue weighted by Gasteiger charge is -2.20. The van der Waals surface area contributed by atoms with Crippen molar-refractivity contribution in [2.24, 2.45) is 0 Å². The van der Waals surface area contributed by atoms with E-state index >= 15 is 0 Å². The average molecular weight is 227 g/mol. The molecule has 0 aliphatic rings. The maximum absolute atomic E-state index is 5.81. The van der Waals surface area contributed by atoms with Crippen molar-refractivity contribution in [3.63, 3.8) is 0 Å². The van der Waals surface area contributed by atoms with E-state index in [2.05, 4.69) is 36.1 Å². The van der Waals surface area contributed by atoms with E-state index in [1.54, 1.807) is 0 Å². The highest BCUT2D eigenvalue weighted by Gasteiger charge is 2.05. The average Bonchev–Trinajstić information content (AvgIpc) is 2.33. The third kappa shape index (κ3) is 2.33. The van der Waals surface area contributed by atoms with Crippen LogP contribution in [0.25, 0.3) is 0 Å². The minimum absolute atomic E-state index is 0.612. The highest BCUT2D eigenvalue weighted by molar-refractivity contribution is 5.73. The summed E-state index contributed by atoms with van der Waals surface area (Å²) in [6.45, 7) is 2.07. The van der Waals surface area contributed by atoms with E-state index in [9.17, 15) is 0 Å². The second kappa shape index (κ2) is 4.37. The molecular formula is C14H17N3. The van der Waals surface area contributed by atoms with E-state index in [-0.39, 0.29) is 0 Å². The lowest BCUT2D eigenvalue weighted by atomic mass is 10.2. The minimum Gasteiger partial charge on any atom is -0.397 e.